The van der Waals surface area contributed by atoms with Gasteiger partial charge < -0.3 is 4.74 Å². The van der Waals surface area contributed by atoms with Crippen molar-refractivity contribution in [3.63, 3.8) is 0 Å². The summed E-state index contributed by atoms with van der Waals surface area (Å²) >= 11 is 0. The second-order valence-electron chi connectivity index (χ2n) is 3.23. The van der Waals surface area contributed by atoms with Crippen LogP contribution in [0.2, 0.25) is 0 Å². The molecule has 0 aliphatic heterocycles. The van der Waals surface area contributed by atoms with E-state index in [1.165, 1.54) is 31.5 Å². The number of nitrogens with zero attached hydrogens (tertiary/aromatic N) is 1. The van der Waals surface area contributed by atoms with Crippen LogP contribution in [0.5, 0.6) is 5.75 Å². The largest absolute Gasteiger partial charge is 0.492 e. The van der Waals surface area contributed by atoms with Gasteiger partial charge in [0.15, 0.2) is 0 Å². The van der Waals surface area contributed by atoms with Gasteiger partial charge >= 0.3 is 0 Å². The molecular formula is C11H16FNO. The maximum absolute atomic E-state index is 12.4. The molecule has 14 heavy (non-hydrogen) atoms. The van der Waals surface area contributed by atoms with Crippen LogP contribution < -0.4 is 4.74 Å². The Kier molecular flexibility index (Phi) is 4.97. The number of hydrogen-bond acceptors (Lipinski definition) is 2. The van der Waals surface area contributed by atoms with Crippen LogP contribution in [0.1, 0.15) is 32.6 Å². The number of halogens is 1. The van der Waals surface area contributed by atoms with Crippen molar-refractivity contribution in [1.82, 2.24) is 4.98 Å². The Hall–Kier alpha value is -1.12. The van der Waals surface area contributed by atoms with E-state index in [1.54, 1.807) is 6.07 Å². The second-order valence-corrected chi connectivity index (χ2v) is 3.23. The molecule has 1 aromatic heterocycles. The number of aromatic nitrogens is 1. The van der Waals surface area contributed by atoms with Crippen LogP contribution in [0.15, 0.2) is 18.3 Å². The SMILES string of the molecule is CCCCCCOc1ccc(F)nc1. The summed E-state index contributed by atoms with van der Waals surface area (Å²) in [6, 6.07) is 2.91. The number of unbranched alkanes of at least 4 members (excludes halogenated alkanes) is 3. The molecule has 0 aromatic carbocycles. The maximum atomic E-state index is 12.4. The first-order valence-corrected chi connectivity index (χ1v) is 5.07. The van der Waals surface area contributed by atoms with E-state index in [-0.39, 0.29) is 0 Å². The Labute approximate surface area is 84.1 Å². The van der Waals surface area contributed by atoms with Crippen LogP contribution in [-0.2, 0) is 0 Å². The zero-order chi connectivity index (χ0) is 10.2. The van der Waals surface area contributed by atoms with E-state index in [1.807, 2.05) is 0 Å². The van der Waals surface area contributed by atoms with Crippen LogP contribution in [0.4, 0.5) is 4.39 Å². The molecule has 0 radical (unpaired) electrons. The van der Waals surface area contributed by atoms with Gasteiger partial charge in [-0.05, 0) is 18.6 Å². The highest BCUT2D eigenvalue weighted by atomic mass is 19.1. The predicted octanol–water partition coefficient (Wildman–Crippen LogP) is 3.18. The van der Waals surface area contributed by atoms with Gasteiger partial charge in [-0.25, -0.2) is 4.98 Å². The fraction of sp³-hybridized carbons (Fsp3) is 0.545. The molecule has 0 amide bonds. The second kappa shape index (κ2) is 6.35. The number of hydrogen-bond donors (Lipinski definition) is 0. The average molecular weight is 197 g/mol. The number of pyridine rings is 1. The third-order valence-corrected chi connectivity index (χ3v) is 1.97. The van der Waals surface area contributed by atoms with Gasteiger partial charge in [-0.3, -0.25) is 0 Å². The van der Waals surface area contributed by atoms with Gasteiger partial charge in [0.1, 0.15) is 5.75 Å². The minimum absolute atomic E-state index is 0.469. The summed E-state index contributed by atoms with van der Waals surface area (Å²) < 4.78 is 17.8. The van der Waals surface area contributed by atoms with E-state index in [0.717, 1.165) is 6.42 Å². The van der Waals surface area contributed by atoms with Crippen LogP contribution >= 0.6 is 0 Å². The molecule has 0 bridgehead atoms. The summed E-state index contributed by atoms with van der Waals surface area (Å²) in [7, 11) is 0. The molecule has 0 saturated heterocycles. The van der Waals surface area contributed by atoms with E-state index in [4.69, 9.17) is 4.74 Å². The molecule has 1 rings (SSSR count). The van der Waals surface area contributed by atoms with E-state index >= 15 is 0 Å². The predicted molar refractivity (Wildman–Crippen MR) is 53.8 cm³/mol. The summed E-state index contributed by atoms with van der Waals surface area (Å²) in [5.74, 6) is 0.172. The van der Waals surface area contributed by atoms with Crippen molar-refractivity contribution in [2.45, 2.75) is 32.6 Å². The molecule has 0 spiro atoms. The molecule has 0 fully saturated rings. The Bertz CT molecular complexity index is 248. The van der Waals surface area contributed by atoms with Gasteiger partial charge in [-0.1, -0.05) is 26.2 Å². The van der Waals surface area contributed by atoms with Crippen molar-refractivity contribution in [1.29, 1.82) is 0 Å². The zero-order valence-electron chi connectivity index (χ0n) is 8.50. The zero-order valence-corrected chi connectivity index (χ0v) is 8.50. The lowest BCUT2D eigenvalue weighted by Gasteiger charge is -2.04. The Morgan fingerprint density at radius 2 is 2.14 bits per heavy atom. The maximum Gasteiger partial charge on any atom is 0.213 e. The van der Waals surface area contributed by atoms with Crippen molar-refractivity contribution < 1.29 is 9.13 Å². The first-order chi connectivity index (χ1) is 6.83. The van der Waals surface area contributed by atoms with Gasteiger partial charge in [0.25, 0.3) is 0 Å². The Morgan fingerprint density at radius 1 is 1.29 bits per heavy atom. The van der Waals surface area contributed by atoms with E-state index in [0.29, 0.717) is 12.4 Å². The summed E-state index contributed by atoms with van der Waals surface area (Å²) in [5, 5.41) is 0. The van der Waals surface area contributed by atoms with E-state index in [9.17, 15) is 4.39 Å². The minimum Gasteiger partial charge on any atom is -0.492 e. The fourth-order valence-electron chi connectivity index (χ4n) is 1.17. The highest BCUT2D eigenvalue weighted by Crippen LogP contribution is 2.09. The van der Waals surface area contributed by atoms with Crippen molar-refractivity contribution in [2.75, 3.05) is 6.61 Å². The normalized spacial score (nSPS) is 10.1. The van der Waals surface area contributed by atoms with Crippen molar-refractivity contribution >= 4 is 0 Å². The van der Waals surface area contributed by atoms with Gasteiger partial charge in [-0.15, -0.1) is 0 Å². The summed E-state index contributed by atoms with van der Waals surface area (Å²) in [5.41, 5.74) is 0. The first-order valence-electron chi connectivity index (χ1n) is 5.07. The first kappa shape index (κ1) is 11.0. The van der Waals surface area contributed by atoms with E-state index < -0.39 is 5.95 Å². The molecule has 3 heteroatoms. The van der Waals surface area contributed by atoms with Crippen LogP contribution in [0.25, 0.3) is 0 Å². The molecule has 0 N–H and O–H groups in total. The molecule has 78 valence electrons. The molecule has 0 atom stereocenters. The summed E-state index contributed by atoms with van der Waals surface area (Å²) in [4.78, 5) is 3.50. The molecule has 1 aromatic rings. The monoisotopic (exact) mass is 197 g/mol. The highest BCUT2D eigenvalue weighted by molar-refractivity contribution is 5.15. The van der Waals surface area contributed by atoms with Crippen molar-refractivity contribution in [3.05, 3.63) is 24.3 Å². The number of ether oxygens (including phenoxy) is 1. The van der Waals surface area contributed by atoms with E-state index in [2.05, 4.69) is 11.9 Å². The van der Waals surface area contributed by atoms with Crippen molar-refractivity contribution in [3.8, 4) is 5.75 Å². The number of rotatable bonds is 6. The van der Waals surface area contributed by atoms with Crippen molar-refractivity contribution in [2.24, 2.45) is 0 Å². The smallest absolute Gasteiger partial charge is 0.213 e. The molecule has 0 unspecified atom stereocenters. The highest BCUT2D eigenvalue weighted by Gasteiger charge is 1.95. The fourth-order valence-corrected chi connectivity index (χ4v) is 1.17. The quantitative estimate of drug-likeness (QED) is 0.516. The third-order valence-electron chi connectivity index (χ3n) is 1.97. The van der Waals surface area contributed by atoms with Gasteiger partial charge in [0.2, 0.25) is 5.95 Å². The molecule has 0 aliphatic carbocycles. The molecule has 1 heterocycles. The minimum atomic E-state index is -0.469. The average Bonchev–Trinajstić information content (AvgIpc) is 2.21. The van der Waals surface area contributed by atoms with Crippen LogP contribution in [0, 0.1) is 5.95 Å². The lowest BCUT2D eigenvalue weighted by molar-refractivity contribution is 0.303. The topological polar surface area (TPSA) is 22.1 Å². The molecule has 2 nitrogen and oxygen atoms in total. The molecule has 0 saturated carbocycles. The lowest BCUT2D eigenvalue weighted by atomic mass is 10.2. The Morgan fingerprint density at radius 3 is 2.79 bits per heavy atom. The van der Waals surface area contributed by atoms with Crippen LogP contribution in [-0.4, -0.2) is 11.6 Å². The lowest BCUT2D eigenvalue weighted by Crippen LogP contribution is -1.97. The van der Waals surface area contributed by atoms with Gasteiger partial charge in [-0.2, -0.15) is 4.39 Å². The summed E-state index contributed by atoms with van der Waals surface area (Å²) in [6.07, 6.45) is 6.11. The third kappa shape index (κ3) is 4.21. The molecule has 0 aliphatic rings. The summed E-state index contributed by atoms with van der Waals surface area (Å²) in [6.45, 7) is 2.86. The van der Waals surface area contributed by atoms with Gasteiger partial charge in [0.05, 0.1) is 12.8 Å². The Balaban J connectivity index is 2.15. The van der Waals surface area contributed by atoms with Crippen LogP contribution in [0.3, 0.4) is 0 Å². The standard InChI is InChI=1S/C11H16FNO/c1-2-3-4-5-8-14-10-6-7-11(12)13-9-10/h6-7,9H,2-5,8H2,1H3. The van der Waals surface area contributed by atoms with Gasteiger partial charge in [0, 0.05) is 0 Å². The molecular weight excluding hydrogens is 181 g/mol.